The second-order valence-electron chi connectivity index (χ2n) is 5.39. The first-order valence-corrected chi connectivity index (χ1v) is 8.33. The Morgan fingerprint density at radius 1 is 1.50 bits per heavy atom. The first kappa shape index (κ1) is 15.5. The van der Waals surface area contributed by atoms with Gasteiger partial charge in [0.1, 0.15) is 5.83 Å². The van der Waals surface area contributed by atoms with Gasteiger partial charge in [-0.05, 0) is 30.3 Å². The van der Waals surface area contributed by atoms with Gasteiger partial charge in [-0.1, -0.05) is 27.4 Å². The third kappa shape index (κ3) is 5.05. The predicted octanol–water partition coefficient (Wildman–Crippen LogP) is 3.41. The Kier molecular flexibility index (Phi) is 5.59. The summed E-state index contributed by atoms with van der Waals surface area (Å²) in [6, 6.07) is 0. The summed E-state index contributed by atoms with van der Waals surface area (Å²) < 4.78 is 18.5. The molecule has 0 amide bonds. The van der Waals surface area contributed by atoms with Crippen LogP contribution in [-0.2, 0) is 4.43 Å². The van der Waals surface area contributed by atoms with Crippen molar-refractivity contribution in [3.05, 3.63) is 24.6 Å². The number of rotatable bonds is 5. The highest BCUT2D eigenvalue weighted by Crippen LogP contribution is 2.36. The minimum atomic E-state index is -1.87. The second kappa shape index (κ2) is 5.75. The summed E-state index contributed by atoms with van der Waals surface area (Å²) >= 11 is 0. The summed E-state index contributed by atoms with van der Waals surface area (Å²) in [6.07, 6.45) is 1.27. The van der Waals surface area contributed by atoms with Gasteiger partial charge in [0.25, 0.3) is 0 Å². The van der Waals surface area contributed by atoms with E-state index in [0.29, 0.717) is 0 Å². The first-order chi connectivity index (χ1) is 7.10. The van der Waals surface area contributed by atoms with Gasteiger partial charge in [-0.15, -0.1) is 0 Å². The van der Waals surface area contributed by atoms with E-state index >= 15 is 0 Å². The van der Waals surface area contributed by atoms with E-state index in [-0.39, 0.29) is 11.6 Å². The fourth-order valence-corrected chi connectivity index (χ4v) is 1.83. The van der Waals surface area contributed by atoms with Gasteiger partial charge in [0, 0.05) is 0 Å². The van der Waals surface area contributed by atoms with Crippen molar-refractivity contribution in [1.82, 2.24) is 0 Å². The number of allylic oxidation sites excluding steroid dienone is 2. The molecule has 1 N–H and O–H groups in total. The standard InChI is InChI=1S/C12H23FO2Si/c1-7-10(13)8-11(14)9-15-16(5,6)12(2,3)4/h7-8,11,14H,1,9H2,2-6H3/b10-8+/t11-/m1/s1. The molecule has 0 spiro atoms. The van der Waals surface area contributed by atoms with Crippen LogP contribution in [0.15, 0.2) is 24.6 Å². The third-order valence-electron chi connectivity index (χ3n) is 2.97. The highest BCUT2D eigenvalue weighted by Gasteiger charge is 2.37. The molecule has 16 heavy (non-hydrogen) atoms. The van der Waals surface area contributed by atoms with Crippen LogP contribution in [0.3, 0.4) is 0 Å². The largest absolute Gasteiger partial charge is 0.414 e. The Balaban J connectivity index is 4.31. The first-order valence-electron chi connectivity index (χ1n) is 5.42. The van der Waals surface area contributed by atoms with E-state index in [2.05, 4.69) is 40.4 Å². The summed E-state index contributed by atoms with van der Waals surface area (Å²) in [5.74, 6) is -0.522. The molecule has 2 nitrogen and oxygen atoms in total. The van der Waals surface area contributed by atoms with Crippen LogP contribution in [0.1, 0.15) is 20.8 Å². The lowest BCUT2D eigenvalue weighted by Crippen LogP contribution is -2.42. The molecule has 94 valence electrons. The SMILES string of the molecule is C=C/C(F)=C\[C@@H](O)CO[Si](C)(C)C(C)(C)C. The van der Waals surface area contributed by atoms with Crippen molar-refractivity contribution in [1.29, 1.82) is 0 Å². The van der Waals surface area contributed by atoms with Gasteiger partial charge in [0.05, 0.1) is 12.7 Å². The number of aliphatic hydroxyl groups excluding tert-OH is 1. The molecule has 0 bridgehead atoms. The van der Waals surface area contributed by atoms with Crippen molar-refractivity contribution in [3.63, 3.8) is 0 Å². The maximum atomic E-state index is 12.8. The number of halogens is 1. The molecule has 0 saturated carbocycles. The quantitative estimate of drug-likeness (QED) is 0.595. The highest BCUT2D eigenvalue weighted by molar-refractivity contribution is 6.74. The van der Waals surface area contributed by atoms with Crippen LogP contribution in [0.2, 0.25) is 18.1 Å². The summed E-state index contributed by atoms with van der Waals surface area (Å²) in [6.45, 7) is 13.9. The highest BCUT2D eigenvalue weighted by atomic mass is 28.4. The van der Waals surface area contributed by atoms with Crippen LogP contribution < -0.4 is 0 Å². The van der Waals surface area contributed by atoms with E-state index in [4.69, 9.17) is 4.43 Å². The molecule has 0 fully saturated rings. The van der Waals surface area contributed by atoms with Crippen LogP contribution in [0.4, 0.5) is 4.39 Å². The Labute approximate surface area is 99.0 Å². The van der Waals surface area contributed by atoms with E-state index in [1.165, 1.54) is 0 Å². The Morgan fingerprint density at radius 2 is 2.00 bits per heavy atom. The Hall–Kier alpha value is -0.453. The van der Waals surface area contributed by atoms with Gasteiger partial charge < -0.3 is 9.53 Å². The molecule has 0 unspecified atom stereocenters. The lowest BCUT2D eigenvalue weighted by Gasteiger charge is -2.36. The van der Waals surface area contributed by atoms with E-state index in [0.717, 1.165) is 12.2 Å². The average molecular weight is 246 g/mol. The zero-order valence-electron chi connectivity index (χ0n) is 10.9. The van der Waals surface area contributed by atoms with E-state index < -0.39 is 20.2 Å². The molecule has 0 aromatic rings. The van der Waals surface area contributed by atoms with Gasteiger partial charge in [0.15, 0.2) is 8.32 Å². The molecule has 0 aliphatic heterocycles. The van der Waals surface area contributed by atoms with E-state index in [9.17, 15) is 9.50 Å². The normalized spacial score (nSPS) is 16.1. The van der Waals surface area contributed by atoms with Crippen molar-refractivity contribution in [2.75, 3.05) is 6.61 Å². The molecule has 4 heteroatoms. The number of aliphatic hydroxyl groups is 1. The Morgan fingerprint density at radius 3 is 2.38 bits per heavy atom. The summed E-state index contributed by atoms with van der Waals surface area (Å²) in [5, 5.41) is 9.60. The fraction of sp³-hybridized carbons (Fsp3) is 0.667. The van der Waals surface area contributed by atoms with Crippen LogP contribution in [0, 0.1) is 0 Å². The van der Waals surface area contributed by atoms with Crippen molar-refractivity contribution in [2.24, 2.45) is 0 Å². The van der Waals surface area contributed by atoms with Crippen molar-refractivity contribution in [2.45, 2.75) is 45.0 Å². The monoisotopic (exact) mass is 246 g/mol. The van der Waals surface area contributed by atoms with E-state index in [1.807, 2.05) is 0 Å². The molecule has 1 atom stereocenters. The summed E-state index contributed by atoms with van der Waals surface area (Å²) in [7, 11) is -1.87. The van der Waals surface area contributed by atoms with Crippen molar-refractivity contribution in [3.8, 4) is 0 Å². The smallest absolute Gasteiger partial charge is 0.192 e. The van der Waals surface area contributed by atoms with Crippen molar-refractivity contribution >= 4 is 8.32 Å². The summed E-state index contributed by atoms with van der Waals surface area (Å²) in [4.78, 5) is 0. The zero-order chi connectivity index (χ0) is 13.0. The second-order valence-corrected chi connectivity index (χ2v) is 10.2. The van der Waals surface area contributed by atoms with Gasteiger partial charge in [0.2, 0.25) is 0 Å². The number of hydrogen-bond acceptors (Lipinski definition) is 2. The van der Waals surface area contributed by atoms with Gasteiger partial charge in [-0.2, -0.15) is 0 Å². The molecule has 0 aliphatic carbocycles. The molecule has 0 aromatic heterocycles. The molecular formula is C12H23FO2Si. The lowest BCUT2D eigenvalue weighted by molar-refractivity contribution is 0.134. The Bertz CT molecular complexity index is 267. The summed E-state index contributed by atoms with van der Waals surface area (Å²) in [5.41, 5.74) is 0. The van der Waals surface area contributed by atoms with Crippen LogP contribution in [0.25, 0.3) is 0 Å². The minimum Gasteiger partial charge on any atom is -0.414 e. The fourth-order valence-electron chi connectivity index (χ4n) is 0.810. The maximum Gasteiger partial charge on any atom is 0.192 e. The number of hydrogen-bond donors (Lipinski definition) is 1. The topological polar surface area (TPSA) is 29.5 Å². The predicted molar refractivity (Wildman–Crippen MR) is 68.5 cm³/mol. The average Bonchev–Trinajstić information content (AvgIpc) is 2.13. The van der Waals surface area contributed by atoms with E-state index in [1.54, 1.807) is 0 Å². The van der Waals surface area contributed by atoms with Gasteiger partial charge in [-0.3, -0.25) is 0 Å². The van der Waals surface area contributed by atoms with Gasteiger partial charge in [-0.25, -0.2) is 4.39 Å². The van der Waals surface area contributed by atoms with Crippen LogP contribution in [-0.4, -0.2) is 26.1 Å². The minimum absolute atomic E-state index is 0.0907. The maximum absolute atomic E-state index is 12.8. The molecular weight excluding hydrogens is 223 g/mol. The van der Waals surface area contributed by atoms with Crippen molar-refractivity contribution < 1.29 is 13.9 Å². The molecule has 0 radical (unpaired) electrons. The molecule has 0 aliphatic rings. The molecule has 0 rings (SSSR count). The van der Waals surface area contributed by atoms with Crippen LogP contribution >= 0.6 is 0 Å². The molecule has 0 aromatic carbocycles. The third-order valence-corrected chi connectivity index (χ3v) is 7.47. The molecule has 0 saturated heterocycles. The van der Waals surface area contributed by atoms with Gasteiger partial charge >= 0.3 is 0 Å². The zero-order valence-corrected chi connectivity index (χ0v) is 11.9. The lowest BCUT2D eigenvalue weighted by atomic mass is 10.2. The van der Waals surface area contributed by atoms with Crippen LogP contribution in [0.5, 0.6) is 0 Å². The molecule has 0 heterocycles.